The molecule has 0 unspecified atom stereocenters. The molecule has 2 aromatic heterocycles. The van der Waals surface area contributed by atoms with Gasteiger partial charge in [0, 0.05) is 11.9 Å². The van der Waals surface area contributed by atoms with E-state index in [0.29, 0.717) is 11.4 Å². The third-order valence-electron chi connectivity index (χ3n) is 2.69. The number of benzene rings is 1. The number of anilines is 2. The van der Waals surface area contributed by atoms with E-state index < -0.39 is 6.03 Å². The quantitative estimate of drug-likeness (QED) is 0.633. The molecule has 2 heterocycles. The molecule has 1 aromatic carbocycles. The Hall–Kier alpha value is -2.60. The smallest absolute Gasteiger partial charge is 0.323 e. The van der Waals surface area contributed by atoms with E-state index in [1.807, 2.05) is 6.07 Å². The normalized spacial score (nSPS) is 10.4. The Bertz CT molecular complexity index is 770. The summed E-state index contributed by atoms with van der Waals surface area (Å²) >= 11 is 5.87. The molecule has 0 atom stereocenters. The van der Waals surface area contributed by atoms with Crippen molar-refractivity contribution in [1.29, 1.82) is 0 Å². The molecule has 0 saturated carbocycles. The average molecular weight is 288 g/mol. The van der Waals surface area contributed by atoms with E-state index in [-0.39, 0.29) is 5.15 Å². The molecule has 3 aromatic rings. The Morgan fingerprint density at radius 2 is 2.10 bits per heavy atom. The molecule has 2 amide bonds. The number of H-pyrrole nitrogens is 1. The van der Waals surface area contributed by atoms with E-state index in [9.17, 15) is 4.79 Å². The molecule has 0 saturated heterocycles. The van der Waals surface area contributed by atoms with Crippen LogP contribution < -0.4 is 10.6 Å². The van der Waals surface area contributed by atoms with Gasteiger partial charge in [0.15, 0.2) is 5.15 Å². The summed E-state index contributed by atoms with van der Waals surface area (Å²) in [6.07, 6.45) is 3.15. The van der Waals surface area contributed by atoms with Gasteiger partial charge in [0.25, 0.3) is 0 Å². The standard InChI is InChI=1S/C13H10ClN5O/c14-12-10(2-1-5-15-12)19-13(20)18-8-3-4-9-11(6-8)17-7-16-9/h1-7H,(H,16,17)(H2,18,19,20). The highest BCUT2D eigenvalue weighted by molar-refractivity contribution is 6.32. The molecule has 0 aliphatic carbocycles. The zero-order chi connectivity index (χ0) is 13.9. The number of pyridine rings is 1. The van der Waals surface area contributed by atoms with E-state index in [0.717, 1.165) is 11.0 Å². The van der Waals surface area contributed by atoms with Crippen molar-refractivity contribution >= 4 is 40.0 Å². The summed E-state index contributed by atoms with van der Waals surface area (Å²) in [6.45, 7) is 0. The summed E-state index contributed by atoms with van der Waals surface area (Å²) in [5.41, 5.74) is 2.79. The highest BCUT2D eigenvalue weighted by Crippen LogP contribution is 2.19. The maximum atomic E-state index is 11.9. The van der Waals surface area contributed by atoms with Crippen LogP contribution in [0.25, 0.3) is 11.0 Å². The van der Waals surface area contributed by atoms with Crippen LogP contribution in [0, 0.1) is 0 Å². The van der Waals surface area contributed by atoms with Crippen LogP contribution in [0.15, 0.2) is 42.9 Å². The largest absolute Gasteiger partial charge is 0.345 e. The maximum Gasteiger partial charge on any atom is 0.323 e. The van der Waals surface area contributed by atoms with Crippen LogP contribution in [-0.4, -0.2) is 21.0 Å². The number of hydrogen-bond acceptors (Lipinski definition) is 3. The van der Waals surface area contributed by atoms with Gasteiger partial charge in [-0.15, -0.1) is 0 Å². The lowest BCUT2D eigenvalue weighted by molar-refractivity contribution is 0.262. The third-order valence-corrected chi connectivity index (χ3v) is 2.99. The third kappa shape index (κ3) is 2.55. The number of nitrogens with one attached hydrogen (secondary N) is 3. The second kappa shape index (κ2) is 5.18. The average Bonchev–Trinajstić information content (AvgIpc) is 2.89. The number of fused-ring (bicyclic) bond motifs is 1. The Morgan fingerprint density at radius 1 is 1.20 bits per heavy atom. The molecule has 3 rings (SSSR count). The van der Waals surface area contributed by atoms with Crippen molar-refractivity contribution in [2.24, 2.45) is 0 Å². The molecule has 100 valence electrons. The Labute approximate surface area is 119 Å². The Balaban J connectivity index is 1.74. The summed E-state index contributed by atoms with van der Waals surface area (Å²) in [7, 11) is 0. The van der Waals surface area contributed by atoms with Crippen molar-refractivity contribution in [3.05, 3.63) is 48.0 Å². The maximum absolute atomic E-state index is 11.9. The summed E-state index contributed by atoms with van der Waals surface area (Å²) in [4.78, 5) is 22.8. The van der Waals surface area contributed by atoms with Crippen molar-refractivity contribution in [2.45, 2.75) is 0 Å². The number of aromatic nitrogens is 3. The second-order valence-corrected chi connectivity index (χ2v) is 4.41. The lowest BCUT2D eigenvalue weighted by Gasteiger charge is -2.08. The molecule has 20 heavy (non-hydrogen) atoms. The van der Waals surface area contributed by atoms with Crippen LogP contribution in [0.3, 0.4) is 0 Å². The summed E-state index contributed by atoms with van der Waals surface area (Å²) in [5, 5.41) is 5.59. The van der Waals surface area contributed by atoms with Crippen LogP contribution in [0.4, 0.5) is 16.2 Å². The van der Waals surface area contributed by atoms with E-state index in [1.54, 1.807) is 36.8 Å². The number of hydrogen-bond donors (Lipinski definition) is 3. The molecular formula is C13H10ClN5O. The number of nitrogens with zero attached hydrogens (tertiary/aromatic N) is 2. The van der Waals surface area contributed by atoms with Gasteiger partial charge >= 0.3 is 6.03 Å². The zero-order valence-electron chi connectivity index (χ0n) is 10.2. The minimum absolute atomic E-state index is 0.242. The number of carbonyl (C=O) groups excluding carboxylic acids is 1. The minimum atomic E-state index is -0.390. The molecule has 0 bridgehead atoms. The first-order chi connectivity index (χ1) is 9.72. The van der Waals surface area contributed by atoms with Gasteiger partial charge in [0.2, 0.25) is 0 Å². The van der Waals surface area contributed by atoms with Crippen molar-refractivity contribution < 1.29 is 4.79 Å². The van der Waals surface area contributed by atoms with Crippen molar-refractivity contribution in [1.82, 2.24) is 15.0 Å². The fraction of sp³-hybridized carbons (Fsp3) is 0. The van der Waals surface area contributed by atoms with E-state index in [1.165, 1.54) is 0 Å². The monoisotopic (exact) mass is 287 g/mol. The van der Waals surface area contributed by atoms with E-state index in [2.05, 4.69) is 25.6 Å². The molecule has 0 aliphatic heterocycles. The minimum Gasteiger partial charge on any atom is -0.345 e. The molecule has 0 radical (unpaired) electrons. The topological polar surface area (TPSA) is 82.7 Å². The summed E-state index contributed by atoms with van der Waals surface area (Å²) < 4.78 is 0. The Kier molecular flexibility index (Phi) is 3.22. The molecule has 0 fully saturated rings. The van der Waals surface area contributed by atoms with Gasteiger partial charge in [0.1, 0.15) is 0 Å². The number of urea groups is 1. The number of rotatable bonds is 2. The predicted octanol–water partition coefficient (Wildman–Crippen LogP) is 3.26. The molecule has 3 N–H and O–H groups in total. The number of carbonyl (C=O) groups is 1. The van der Waals surface area contributed by atoms with Crippen LogP contribution in [0.2, 0.25) is 5.15 Å². The number of halogens is 1. The van der Waals surface area contributed by atoms with Crippen LogP contribution in [-0.2, 0) is 0 Å². The van der Waals surface area contributed by atoms with Crippen LogP contribution in [0.1, 0.15) is 0 Å². The SMILES string of the molecule is O=C(Nc1ccc2nc[nH]c2c1)Nc1cccnc1Cl. The first kappa shape index (κ1) is 12.4. The van der Waals surface area contributed by atoms with Crippen molar-refractivity contribution in [3.63, 3.8) is 0 Å². The highest BCUT2D eigenvalue weighted by Gasteiger charge is 2.07. The van der Waals surface area contributed by atoms with Crippen molar-refractivity contribution in [3.8, 4) is 0 Å². The lowest BCUT2D eigenvalue weighted by Crippen LogP contribution is -2.19. The number of amides is 2. The summed E-state index contributed by atoms with van der Waals surface area (Å²) in [5.74, 6) is 0. The number of imidazole rings is 1. The zero-order valence-corrected chi connectivity index (χ0v) is 11.0. The van der Waals surface area contributed by atoms with Gasteiger partial charge in [-0.05, 0) is 30.3 Å². The molecule has 0 spiro atoms. The van der Waals surface area contributed by atoms with Crippen molar-refractivity contribution in [2.75, 3.05) is 10.6 Å². The van der Waals surface area contributed by atoms with Crippen LogP contribution >= 0.6 is 11.6 Å². The van der Waals surface area contributed by atoms with Gasteiger partial charge < -0.3 is 15.6 Å². The Morgan fingerprint density at radius 3 is 2.95 bits per heavy atom. The number of aromatic amines is 1. The first-order valence-corrected chi connectivity index (χ1v) is 6.22. The van der Waals surface area contributed by atoms with Gasteiger partial charge in [-0.3, -0.25) is 0 Å². The molecule has 0 aliphatic rings. The predicted molar refractivity (Wildman–Crippen MR) is 78.0 cm³/mol. The van der Waals surface area contributed by atoms with Gasteiger partial charge in [0.05, 0.1) is 23.0 Å². The molecular weight excluding hydrogens is 278 g/mol. The fourth-order valence-electron chi connectivity index (χ4n) is 1.78. The lowest BCUT2D eigenvalue weighted by atomic mass is 10.3. The first-order valence-electron chi connectivity index (χ1n) is 5.84. The van der Waals surface area contributed by atoms with Gasteiger partial charge in [-0.2, -0.15) is 0 Å². The van der Waals surface area contributed by atoms with E-state index in [4.69, 9.17) is 11.6 Å². The van der Waals surface area contributed by atoms with Gasteiger partial charge in [-0.1, -0.05) is 11.6 Å². The van der Waals surface area contributed by atoms with E-state index >= 15 is 0 Å². The second-order valence-electron chi connectivity index (χ2n) is 4.06. The fourth-order valence-corrected chi connectivity index (χ4v) is 1.94. The van der Waals surface area contributed by atoms with Crippen LogP contribution in [0.5, 0.6) is 0 Å². The highest BCUT2D eigenvalue weighted by atomic mass is 35.5. The summed E-state index contributed by atoms with van der Waals surface area (Å²) in [6, 6.07) is 8.36. The molecule has 7 heteroatoms. The van der Waals surface area contributed by atoms with Gasteiger partial charge in [-0.25, -0.2) is 14.8 Å². The molecule has 6 nitrogen and oxygen atoms in total.